The lowest BCUT2D eigenvalue weighted by molar-refractivity contribution is -0.122. The van der Waals surface area contributed by atoms with Crippen LogP contribution in [0.15, 0.2) is 18.2 Å². The average molecular weight is 359 g/mol. The van der Waals surface area contributed by atoms with Gasteiger partial charge in [0.15, 0.2) is 0 Å². The number of nitrogens with one attached hydrogen (secondary N) is 2. The molecule has 1 saturated heterocycles. The number of amides is 1. The van der Waals surface area contributed by atoms with E-state index in [9.17, 15) is 9.18 Å². The topological polar surface area (TPSA) is 41.1 Å². The zero-order valence-electron chi connectivity index (χ0n) is 13.3. The van der Waals surface area contributed by atoms with E-state index in [4.69, 9.17) is 0 Å². The Hall–Kier alpha value is -0.780. The summed E-state index contributed by atoms with van der Waals surface area (Å²) in [5.41, 5.74) is 1.73. The Balaban J connectivity index is 0.00000192. The van der Waals surface area contributed by atoms with E-state index in [1.807, 2.05) is 17.8 Å². The monoisotopic (exact) mass is 358 g/mol. The fourth-order valence-electron chi connectivity index (χ4n) is 3.40. The van der Waals surface area contributed by atoms with Crippen molar-refractivity contribution in [1.29, 1.82) is 0 Å². The number of hydrogen-bond acceptors (Lipinski definition) is 3. The van der Waals surface area contributed by atoms with Crippen LogP contribution in [-0.2, 0) is 11.2 Å². The molecule has 2 N–H and O–H groups in total. The Morgan fingerprint density at radius 3 is 3.04 bits per heavy atom. The zero-order valence-corrected chi connectivity index (χ0v) is 14.9. The maximum Gasteiger partial charge on any atom is 0.222 e. The average Bonchev–Trinajstić information content (AvgIpc) is 2.51. The minimum absolute atomic E-state index is 0. The standard InChI is InChI=1S/C17H23FN2OS.ClH/c1-11-5-6-13-14(3-2-4-15(13)18)17(11)20-16(21)9-12-10-22-8-7-19-12;/h2-4,11-12,17,19H,5-10H2,1H3,(H,20,21);1H. The highest BCUT2D eigenvalue weighted by Crippen LogP contribution is 2.35. The van der Waals surface area contributed by atoms with E-state index in [0.717, 1.165) is 42.0 Å². The van der Waals surface area contributed by atoms with Crippen LogP contribution in [0.2, 0.25) is 0 Å². The van der Waals surface area contributed by atoms with Crippen molar-refractivity contribution in [2.24, 2.45) is 5.92 Å². The molecule has 0 saturated carbocycles. The number of carbonyl (C=O) groups excluding carboxylic acids is 1. The van der Waals surface area contributed by atoms with Crippen LogP contribution in [0.25, 0.3) is 0 Å². The summed E-state index contributed by atoms with van der Waals surface area (Å²) in [5, 5.41) is 6.53. The Labute approximate surface area is 147 Å². The molecule has 0 spiro atoms. The Kier molecular flexibility index (Phi) is 6.74. The quantitative estimate of drug-likeness (QED) is 0.872. The van der Waals surface area contributed by atoms with E-state index in [-0.39, 0.29) is 36.2 Å². The molecule has 3 rings (SSSR count). The molecule has 2 aliphatic rings. The summed E-state index contributed by atoms with van der Waals surface area (Å²) in [5.74, 6) is 2.36. The van der Waals surface area contributed by atoms with Crippen molar-refractivity contribution in [3.8, 4) is 0 Å². The molecule has 6 heteroatoms. The van der Waals surface area contributed by atoms with E-state index in [1.165, 1.54) is 6.07 Å². The Morgan fingerprint density at radius 1 is 1.48 bits per heavy atom. The van der Waals surface area contributed by atoms with Crippen LogP contribution in [0.5, 0.6) is 0 Å². The number of hydrogen-bond donors (Lipinski definition) is 2. The maximum atomic E-state index is 14.0. The molecule has 0 bridgehead atoms. The van der Waals surface area contributed by atoms with Crippen LogP contribution in [0, 0.1) is 11.7 Å². The van der Waals surface area contributed by atoms with E-state index in [0.29, 0.717) is 12.3 Å². The summed E-state index contributed by atoms with van der Waals surface area (Å²) in [6, 6.07) is 5.39. The third kappa shape index (κ3) is 4.40. The molecule has 1 aliphatic heterocycles. The Bertz CT molecular complexity index is 551. The highest BCUT2D eigenvalue weighted by atomic mass is 35.5. The molecule has 0 aromatic heterocycles. The molecule has 1 aromatic rings. The van der Waals surface area contributed by atoms with Crippen molar-refractivity contribution in [2.45, 2.75) is 38.3 Å². The molecule has 1 aliphatic carbocycles. The summed E-state index contributed by atoms with van der Waals surface area (Å²) in [6.45, 7) is 3.10. The number of fused-ring (bicyclic) bond motifs is 1. The first-order valence-corrected chi connectivity index (χ1v) is 9.18. The molecule has 1 aromatic carbocycles. The molecule has 1 heterocycles. The molecule has 128 valence electrons. The van der Waals surface area contributed by atoms with Crippen molar-refractivity contribution >= 4 is 30.1 Å². The van der Waals surface area contributed by atoms with Crippen LogP contribution in [0.4, 0.5) is 4.39 Å². The van der Waals surface area contributed by atoms with Gasteiger partial charge in [-0.25, -0.2) is 4.39 Å². The van der Waals surface area contributed by atoms with Crippen molar-refractivity contribution in [2.75, 3.05) is 18.1 Å². The van der Waals surface area contributed by atoms with Gasteiger partial charge in [-0.3, -0.25) is 4.79 Å². The van der Waals surface area contributed by atoms with Crippen LogP contribution in [0.1, 0.15) is 36.9 Å². The number of carbonyl (C=O) groups is 1. The van der Waals surface area contributed by atoms with Gasteiger partial charge in [-0.1, -0.05) is 19.1 Å². The van der Waals surface area contributed by atoms with Gasteiger partial charge in [-0.15, -0.1) is 12.4 Å². The van der Waals surface area contributed by atoms with Gasteiger partial charge in [0.25, 0.3) is 0 Å². The van der Waals surface area contributed by atoms with Gasteiger partial charge in [0.2, 0.25) is 5.91 Å². The smallest absolute Gasteiger partial charge is 0.222 e. The fourth-order valence-corrected chi connectivity index (χ4v) is 4.35. The number of halogens is 2. The van der Waals surface area contributed by atoms with Gasteiger partial charge < -0.3 is 10.6 Å². The number of thioether (sulfide) groups is 1. The van der Waals surface area contributed by atoms with Gasteiger partial charge in [0, 0.05) is 30.5 Å². The number of rotatable bonds is 3. The first-order valence-electron chi connectivity index (χ1n) is 8.03. The molecule has 3 nitrogen and oxygen atoms in total. The SMILES string of the molecule is CC1CCc2c(F)cccc2C1NC(=O)CC1CSCCN1.Cl. The minimum atomic E-state index is -0.144. The highest BCUT2D eigenvalue weighted by molar-refractivity contribution is 7.99. The fraction of sp³-hybridized carbons (Fsp3) is 0.588. The third-order valence-electron chi connectivity index (χ3n) is 4.66. The predicted molar refractivity (Wildman–Crippen MR) is 95.7 cm³/mol. The van der Waals surface area contributed by atoms with Crippen molar-refractivity contribution in [3.63, 3.8) is 0 Å². The third-order valence-corrected chi connectivity index (χ3v) is 5.79. The Morgan fingerprint density at radius 2 is 2.30 bits per heavy atom. The lowest BCUT2D eigenvalue weighted by Crippen LogP contribution is -2.43. The number of benzene rings is 1. The largest absolute Gasteiger partial charge is 0.349 e. The molecule has 0 radical (unpaired) electrons. The van der Waals surface area contributed by atoms with Gasteiger partial charge in [0.05, 0.1) is 6.04 Å². The summed E-state index contributed by atoms with van der Waals surface area (Å²) < 4.78 is 14.0. The maximum absolute atomic E-state index is 14.0. The van der Waals surface area contributed by atoms with Gasteiger partial charge >= 0.3 is 0 Å². The van der Waals surface area contributed by atoms with Gasteiger partial charge in [-0.2, -0.15) is 11.8 Å². The van der Waals surface area contributed by atoms with Crippen molar-refractivity contribution < 1.29 is 9.18 Å². The summed E-state index contributed by atoms with van der Waals surface area (Å²) in [4.78, 5) is 12.4. The summed E-state index contributed by atoms with van der Waals surface area (Å²) in [6.07, 6.45) is 2.17. The molecular formula is C17H24ClFN2OS. The lowest BCUT2D eigenvalue weighted by Gasteiger charge is -2.33. The van der Waals surface area contributed by atoms with Gasteiger partial charge in [0.1, 0.15) is 5.82 Å². The lowest BCUT2D eigenvalue weighted by atomic mass is 9.80. The molecule has 1 amide bonds. The van der Waals surface area contributed by atoms with Crippen molar-refractivity contribution in [3.05, 3.63) is 35.1 Å². The second-order valence-corrected chi connectivity index (χ2v) is 7.45. The first-order chi connectivity index (χ1) is 10.6. The van der Waals surface area contributed by atoms with E-state index in [1.54, 1.807) is 6.07 Å². The highest BCUT2D eigenvalue weighted by Gasteiger charge is 2.30. The summed E-state index contributed by atoms with van der Waals surface area (Å²) in [7, 11) is 0. The second-order valence-electron chi connectivity index (χ2n) is 6.30. The molecule has 1 fully saturated rings. The van der Waals surface area contributed by atoms with Crippen LogP contribution in [0.3, 0.4) is 0 Å². The van der Waals surface area contributed by atoms with E-state index in [2.05, 4.69) is 17.6 Å². The molecule has 3 unspecified atom stereocenters. The van der Waals surface area contributed by atoms with Crippen molar-refractivity contribution in [1.82, 2.24) is 10.6 Å². The molecular weight excluding hydrogens is 335 g/mol. The summed E-state index contributed by atoms with van der Waals surface area (Å²) >= 11 is 1.89. The second kappa shape index (κ2) is 8.36. The minimum Gasteiger partial charge on any atom is -0.349 e. The van der Waals surface area contributed by atoms with Crippen LogP contribution >= 0.6 is 24.2 Å². The van der Waals surface area contributed by atoms with Gasteiger partial charge in [-0.05, 0) is 36.0 Å². The predicted octanol–water partition coefficient (Wildman–Crippen LogP) is 3.08. The zero-order chi connectivity index (χ0) is 15.5. The van der Waals surface area contributed by atoms with E-state index < -0.39 is 0 Å². The van der Waals surface area contributed by atoms with E-state index >= 15 is 0 Å². The van der Waals surface area contributed by atoms with Crippen LogP contribution in [-0.4, -0.2) is 30.0 Å². The first kappa shape index (κ1) is 18.6. The molecule has 3 atom stereocenters. The normalized spacial score (nSPS) is 26.8. The molecule has 23 heavy (non-hydrogen) atoms. The van der Waals surface area contributed by atoms with Crippen LogP contribution < -0.4 is 10.6 Å².